The topological polar surface area (TPSA) is 61.8 Å². The molecule has 3 rings (SSSR count). The van der Waals surface area contributed by atoms with Crippen LogP contribution >= 0.6 is 11.8 Å². The van der Waals surface area contributed by atoms with Crippen LogP contribution in [0.1, 0.15) is 34.1 Å². The molecule has 6 heteroatoms. The second kappa shape index (κ2) is 9.17. The minimum absolute atomic E-state index is 0.0762. The molecule has 0 amide bonds. The fraction of sp³-hybridized carbons (Fsp3) is 0.333. The molecule has 2 aromatic carbocycles. The Hall–Kier alpha value is -2.15. The van der Waals surface area contributed by atoms with Crippen molar-refractivity contribution in [2.75, 3.05) is 7.11 Å². The summed E-state index contributed by atoms with van der Waals surface area (Å²) in [5.41, 5.74) is 1.08. The zero-order valence-electron chi connectivity index (χ0n) is 15.2. The number of carbonyl (C=O) groups is 2. The van der Waals surface area contributed by atoms with Crippen molar-refractivity contribution in [2.24, 2.45) is 0 Å². The number of esters is 1. The molecule has 0 spiro atoms. The lowest BCUT2D eigenvalue weighted by Crippen LogP contribution is -2.48. The highest BCUT2D eigenvalue weighted by Crippen LogP contribution is 2.34. The molecule has 2 aromatic rings. The maximum Gasteiger partial charge on any atom is 0.338 e. The summed E-state index contributed by atoms with van der Waals surface area (Å²) in [4.78, 5) is 25.2. The molecule has 0 aliphatic carbocycles. The lowest BCUT2D eigenvalue weighted by molar-refractivity contribution is -0.195. The van der Waals surface area contributed by atoms with Crippen LogP contribution in [0.4, 0.5) is 0 Å². The third-order valence-corrected chi connectivity index (χ3v) is 5.81. The summed E-state index contributed by atoms with van der Waals surface area (Å²) < 4.78 is 16.9. The summed E-state index contributed by atoms with van der Waals surface area (Å²) in [7, 11) is 1.55. The highest BCUT2D eigenvalue weighted by Gasteiger charge is 2.41. The van der Waals surface area contributed by atoms with E-state index in [2.05, 4.69) is 0 Å². The van der Waals surface area contributed by atoms with Crippen LogP contribution in [0.2, 0.25) is 0 Å². The molecular weight excluding hydrogens is 364 g/mol. The van der Waals surface area contributed by atoms with Crippen molar-refractivity contribution < 1.29 is 23.8 Å². The van der Waals surface area contributed by atoms with E-state index in [-0.39, 0.29) is 16.5 Å². The number of thioether (sulfide) groups is 1. The van der Waals surface area contributed by atoms with E-state index in [4.69, 9.17) is 14.2 Å². The molecule has 142 valence electrons. The van der Waals surface area contributed by atoms with Crippen molar-refractivity contribution in [3.8, 4) is 0 Å². The van der Waals surface area contributed by atoms with Gasteiger partial charge in [-0.2, -0.15) is 0 Å². The number of hydrogen-bond acceptors (Lipinski definition) is 6. The predicted octanol–water partition coefficient (Wildman–Crippen LogP) is 3.94. The van der Waals surface area contributed by atoms with Gasteiger partial charge in [-0.15, -0.1) is 0 Å². The van der Waals surface area contributed by atoms with E-state index in [0.717, 1.165) is 11.8 Å². The predicted molar refractivity (Wildman–Crippen MR) is 104 cm³/mol. The molecule has 0 unspecified atom stereocenters. The quantitative estimate of drug-likeness (QED) is 0.726. The molecule has 4 atom stereocenters. The van der Waals surface area contributed by atoms with Crippen molar-refractivity contribution in [1.29, 1.82) is 0 Å². The lowest BCUT2D eigenvalue weighted by atomic mass is 10.0. The van der Waals surface area contributed by atoms with E-state index in [1.807, 2.05) is 31.2 Å². The maximum atomic E-state index is 12.6. The molecule has 27 heavy (non-hydrogen) atoms. The maximum absolute atomic E-state index is 12.6. The van der Waals surface area contributed by atoms with E-state index in [1.54, 1.807) is 43.5 Å². The Balaban J connectivity index is 1.76. The normalized spacial score (nSPS) is 25.0. The third kappa shape index (κ3) is 4.97. The minimum atomic E-state index is -0.496. The Morgan fingerprint density at radius 2 is 1.59 bits per heavy atom. The summed E-state index contributed by atoms with van der Waals surface area (Å²) in [5, 5.41) is -0.399. The zero-order valence-corrected chi connectivity index (χ0v) is 16.1. The Morgan fingerprint density at radius 1 is 1.00 bits per heavy atom. The van der Waals surface area contributed by atoms with Crippen LogP contribution in [0.25, 0.3) is 0 Å². The highest BCUT2D eigenvalue weighted by molar-refractivity contribution is 8.14. The van der Waals surface area contributed by atoms with Gasteiger partial charge in [0.1, 0.15) is 6.10 Å². The first-order chi connectivity index (χ1) is 13.1. The molecule has 1 aliphatic heterocycles. The van der Waals surface area contributed by atoms with Crippen molar-refractivity contribution >= 4 is 22.8 Å². The summed E-state index contributed by atoms with van der Waals surface area (Å²) in [6.45, 7) is 1.87. The molecular formula is C21H22O5S. The van der Waals surface area contributed by atoms with Gasteiger partial charge in [-0.05, 0) is 19.1 Å². The van der Waals surface area contributed by atoms with Crippen LogP contribution in [-0.2, 0) is 14.2 Å². The van der Waals surface area contributed by atoms with Crippen molar-refractivity contribution in [1.82, 2.24) is 0 Å². The molecule has 1 aliphatic rings. The molecule has 1 saturated heterocycles. The van der Waals surface area contributed by atoms with Gasteiger partial charge in [-0.3, -0.25) is 4.79 Å². The van der Waals surface area contributed by atoms with E-state index in [0.29, 0.717) is 17.5 Å². The van der Waals surface area contributed by atoms with Crippen molar-refractivity contribution in [3.05, 3.63) is 71.8 Å². The van der Waals surface area contributed by atoms with E-state index < -0.39 is 18.4 Å². The van der Waals surface area contributed by atoms with E-state index in [9.17, 15) is 9.59 Å². The standard InChI is InChI=1S/C21H22O5S/c1-14-19(27-21(23)16-11-7-4-8-12-16)17(13-18(24-2)25-14)26-20(22)15-9-5-3-6-10-15/h3-12,14,17-19H,13H2,1-2H3/t14-,17+,18+,19-/m1/s1. The largest absolute Gasteiger partial charge is 0.457 e. The zero-order chi connectivity index (χ0) is 19.2. The van der Waals surface area contributed by atoms with Crippen LogP contribution < -0.4 is 0 Å². The number of benzene rings is 2. The number of ether oxygens (including phenoxy) is 3. The molecule has 0 bridgehead atoms. The van der Waals surface area contributed by atoms with Crippen LogP contribution in [0.15, 0.2) is 60.7 Å². The summed E-state index contributed by atoms with van der Waals surface area (Å²) in [5.74, 6) is -0.415. The third-order valence-electron chi connectivity index (χ3n) is 4.40. The average molecular weight is 386 g/mol. The van der Waals surface area contributed by atoms with Gasteiger partial charge in [0, 0.05) is 19.1 Å². The van der Waals surface area contributed by atoms with Crippen LogP contribution in [0.3, 0.4) is 0 Å². The second-order valence-corrected chi connectivity index (χ2v) is 7.44. The van der Waals surface area contributed by atoms with E-state index in [1.165, 1.54) is 0 Å². The monoisotopic (exact) mass is 386 g/mol. The fourth-order valence-electron chi connectivity index (χ4n) is 2.98. The number of methoxy groups -OCH3 is 1. The number of hydrogen-bond donors (Lipinski definition) is 0. The smallest absolute Gasteiger partial charge is 0.338 e. The Morgan fingerprint density at radius 3 is 2.19 bits per heavy atom. The van der Waals surface area contributed by atoms with Gasteiger partial charge in [-0.1, -0.05) is 60.3 Å². The summed E-state index contributed by atoms with van der Waals surface area (Å²) in [6, 6.07) is 17.9. The summed E-state index contributed by atoms with van der Waals surface area (Å²) in [6.07, 6.45) is -0.907. The molecule has 0 aromatic heterocycles. The number of rotatable bonds is 5. The fourth-order valence-corrected chi connectivity index (χ4v) is 4.08. The molecule has 1 fully saturated rings. The SMILES string of the molecule is CO[C@@H]1C[C@H](OC(=O)c2ccccc2)[C@H](SC(=O)c2ccccc2)[C@@H](C)O1. The van der Waals surface area contributed by atoms with Gasteiger partial charge >= 0.3 is 5.97 Å². The lowest BCUT2D eigenvalue weighted by Gasteiger charge is -2.38. The van der Waals surface area contributed by atoms with Crippen molar-refractivity contribution in [2.45, 2.75) is 37.1 Å². The van der Waals surface area contributed by atoms with E-state index >= 15 is 0 Å². The first kappa shape index (κ1) is 19.6. The van der Waals surface area contributed by atoms with Crippen LogP contribution in [0, 0.1) is 0 Å². The van der Waals surface area contributed by atoms with Crippen LogP contribution in [0.5, 0.6) is 0 Å². The van der Waals surface area contributed by atoms with Gasteiger partial charge < -0.3 is 14.2 Å². The highest BCUT2D eigenvalue weighted by atomic mass is 32.2. The van der Waals surface area contributed by atoms with Gasteiger partial charge in [-0.25, -0.2) is 4.79 Å². The van der Waals surface area contributed by atoms with Crippen LogP contribution in [-0.4, -0.2) is 41.9 Å². The summed E-state index contributed by atoms with van der Waals surface area (Å²) >= 11 is 1.14. The Bertz CT molecular complexity index is 765. The second-order valence-electron chi connectivity index (χ2n) is 6.29. The molecule has 0 saturated carbocycles. The number of carbonyl (C=O) groups excluding carboxylic acids is 2. The van der Waals surface area contributed by atoms with Gasteiger partial charge in [0.15, 0.2) is 6.29 Å². The molecule has 5 nitrogen and oxygen atoms in total. The first-order valence-electron chi connectivity index (χ1n) is 8.79. The van der Waals surface area contributed by atoms with Gasteiger partial charge in [0.05, 0.1) is 16.9 Å². The first-order valence-corrected chi connectivity index (χ1v) is 9.66. The van der Waals surface area contributed by atoms with Gasteiger partial charge in [0.2, 0.25) is 5.12 Å². The van der Waals surface area contributed by atoms with Gasteiger partial charge in [0.25, 0.3) is 0 Å². The van der Waals surface area contributed by atoms with Crippen molar-refractivity contribution in [3.63, 3.8) is 0 Å². The molecule has 0 N–H and O–H groups in total. The minimum Gasteiger partial charge on any atom is -0.457 e. The Kier molecular flexibility index (Phi) is 6.66. The molecule has 0 radical (unpaired) electrons. The Labute approximate surface area is 163 Å². The molecule has 1 heterocycles. The average Bonchev–Trinajstić information content (AvgIpc) is 2.71.